The maximum atomic E-state index is 12.6. The first-order valence-corrected chi connectivity index (χ1v) is 7.23. The van der Waals surface area contributed by atoms with Crippen molar-refractivity contribution in [3.05, 3.63) is 24.3 Å². The zero-order chi connectivity index (χ0) is 16.0. The Morgan fingerprint density at radius 1 is 1.17 bits per heavy atom. The fourth-order valence-corrected chi connectivity index (χ4v) is 2.66. The topological polar surface area (TPSA) is 105 Å². The minimum Gasteiger partial charge on any atom is -0.384 e. The van der Waals surface area contributed by atoms with E-state index in [2.05, 4.69) is 16.0 Å². The molecule has 128 valence electrons. The van der Waals surface area contributed by atoms with E-state index in [0.717, 1.165) is 25.9 Å². The van der Waals surface area contributed by atoms with E-state index in [1.54, 1.807) is 31.4 Å². The number of hydrogen-bond donors (Lipinski definition) is 4. The van der Waals surface area contributed by atoms with Gasteiger partial charge < -0.3 is 26.4 Å². The summed E-state index contributed by atoms with van der Waals surface area (Å²) in [5.41, 5.74) is 5.81. The molecule has 0 atom stereocenters. The predicted molar refractivity (Wildman–Crippen MR) is 91.9 cm³/mol. The second-order valence-corrected chi connectivity index (χ2v) is 5.48. The molecule has 0 aliphatic carbocycles. The molecule has 1 aromatic rings. The van der Waals surface area contributed by atoms with Crippen LogP contribution >= 0.6 is 12.4 Å². The number of primary amides is 1. The Kier molecular flexibility index (Phi) is 7.28. The fourth-order valence-electron chi connectivity index (χ4n) is 2.66. The number of amides is 3. The quantitative estimate of drug-likeness (QED) is 0.651. The number of halogens is 1. The van der Waals surface area contributed by atoms with Crippen LogP contribution in [0.4, 0.5) is 16.2 Å². The van der Waals surface area contributed by atoms with Gasteiger partial charge in [0.15, 0.2) is 0 Å². The van der Waals surface area contributed by atoms with Gasteiger partial charge in [0.2, 0.25) is 5.91 Å². The molecule has 7 nitrogen and oxygen atoms in total. The van der Waals surface area contributed by atoms with Crippen molar-refractivity contribution in [1.82, 2.24) is 5.32 Å². The summed E-state index contributed by atoms with van der Waals surface area (Å²) in [4.78, 5) is 23.4. The third-order valence-electron chi connectivity index (χ3n) is 3.87. The number of anilines is 2. The van der Waals surface area contributed by atoms with Crippen LogP contribution in [0.3, 0.4) is 0 Å². The summed E-state index contributed by atoms with van der Waals surface area (Å²) in [7, 11) is 1.61. The smallest absolute Gasteiger partial charge is 0.316 e. The summed E-state index contributed by atoms with van der Waals surface area (Å²) in [5, 5.41) is 8.66. The molecule has 0 saturated carbocycles. The zero-order valence-corrected chi connectivity index (χ0v) is 13.9. The van der Waals surface area contributed by atoms with Crippen molar-refractivity contribution >= 4 is 35.7 Å². The number of piperidine rings is 1. The van der Waals surface area contributed by atoms with Crippen LogP contribution in [0.5, 0.6) is 0 Å². The number of carbonyl (C=O) groups excluding carboxylic acids is 2. The summed E-state index contributed by atoms with van der Waals surface area (Å²) >= 11 is 0. The number of hydrogen-bond acceptors (Lipinski definition) is 4. The van der Waals surface area contributed by atoms with Gasteiger partial charge in [-0.05, 0) is 50.2 Å². The van der Waals surface area contributed by atoms with Crippen LogP contribution < -0.4 is 21.7 Å². The molecule has 3 amide bonds. The van der Waals surface area contributed by atoms with Gasteiger partial charge in [-0.1, -0.05) is 0 Å². The summed E-state index contributed by atoms with van der Waals surface area (Å²) in [5.74, 6) is -0.0357. The highest BCUT2D eigenvalue weighted by molar-refractivity contribution is 5.96. The largest absolute Gasteiger partial charge is 0.384 e. The molecule has 1 fully saturated rings. The molecule has 1 saturated heterocycles. The number of methoxy groups -OCH3 is 1. The normalized spacial score (nSPS) is 16.0. The molecule has 0 unspecified atom stereocenters. The second kappa shape index (κ2) is 8.71. The van der Waals surface area contributed by atoms with E-state index in [1.807, 2.05) is 0 Å². The minimum absolute atomic E-state index is 0. The Labute approximate surface area is 141 Å². The Balaban J connectivity index is 0.00000264. The van der Waals surface area contributed by atoms with E-state index in [9.17, 15) is 9.59 Å². The summed E-state index contributed by atoms with van der Waals surface area (Å²) in [6.45, 7) is 2.01. The van der Waals surface area contributed by atoms with Gasteiger partial charge in [-0.3, -0.25) is 4.79 Å². The molecule has 0 bridgehead atoms. The molecule has 0 spiro atoms. The lowest BCUT2D eigenvalue weighted by atomic mass is 9.78. The number of ether oxygens (including phenoxy) is 1. The van der Waals surface area contributed by atoms with E-state index in [4.69, 9.17) is 10.5 Å². The van der Waals surface area contributed by atoms with Crippen molar-refractivity contribution in [2.24, 2.45) is 11.1 Å². The Bertz CT molecular complexity index is 525. The number of nitrogens with one attached hydrogen (secondary N) is 3. The molecule has 1 aromatic carbocycles. The second-order valence-electron chi connectivity index (χ2n) is 5.48. The Morgan fingerprint density at radius 3 is 2.17 bits per heavy atom. The van der Waals surface area contributed by atoms with Gasteiger partial charge in [0, 0.05) is 18.5 Å². The zero-order valence-electron chi connectivity index (χ0n) is 13.1. The molecule has 5 N–H and O–H groups in total. The lowest BCUT2D eigenvalue weighted by Gasteiger charge is -2.35. The van der Waals surface area contributed by atoms with E-state index in [1.165, 1.54) is 0 Å². The van der Waals surface area contributed by atoms with Crippen molar-refractivity contribution < 1.29 is 14.3 Å². The maximum absolute atomic E-state index is 12.6. The van der Waals surface area contributed by atoms with Crippen molar-refractivity contribution in [2.45, 2.75) is 12.8 Å². The molecular weight excluding hydrogens is 320 g/mol. The van der Waals surface area contributed by atoms with Crippen molar-refractivity contribution in [3.63, 3.8) is 0 Å². The molecule has 1 heterocycles. The van der Waals surface area contributed by atoms with Crippen LogP contribution in [0.15, 0.2) is 24.3 Å². The summed E-state index contributed by atoms with van der Waals surface area (Å²) in [6, 6.07) is 6.21. The van der Waals surface area contributed by atoms with Crippen LogP contribution in [0.1, 0.15) is 12.8 Å². The van der Waals surface area contributed by atoms with Crippen LogP contribution in [0.25, 0.3) is 0 Å². The third kappa shape index (κ3) is 5.09. The monoisotopic (exact) mass is 342 g/mol. The molecule has 23 heavy (non-hydrogen) atoms. The van der Waals surface area contributed by atoms with Gasteiger partial charge in [0.05, 0.1) is 12.0 Å². The van der Waals surface area contributed by atoms with Gasteiger partial charge >= 0.3 is 6.03 Å². The number of benzene rings is 1. The van der Waals surface area contributed by atoms with Gasteiger partial charge in [-0.15, -0.1) is 12.4 Å². The van der Waals surface area contributed by atoms with E-state index >= 15 is 0 Å². The first-order valence-electron chi connectivity index (χ1n) is 7.23. The molecule has 0 aromatic heterocycles. The molecule has 2 rings (SSSR count). The highest BCUT2D eigenvalue weighted by atomic mass is 35.5. The molecular formula is C15H23ClN4O3. The molecule has 8 heteroatoms. The van der Waals surface area contributed by atoms with E-state index in [0.29, 0.717) is 18.0 Å². The maximum Gasteiger partial charge on any atom is 0.316 e. The Morgan fingerprint density at radius 2 is 1.70 bits per heavy atom. The van der Waals surface area contributed by atoms with E-state index < -0.39 is 11.4 Å². The van der Waals surface area contributed by atoms with Crippen molar-refractivity contribution in [3.8, 4) is 0 Å². The SMILES string of the molecule is COCC1(C(=O)Nc2ccc(NC(N)=O)cc2)CCNCC1.Cl. The average molecular weight is 343 g/mol. The predicted octanol–water partition coefficient (Wildman–Crippen LogP) is 1.55. The lowest BCUT2D eigenvalue weighted by molar-refractivity contribution is -0.130. The minimum atomic E-state index is -0.620. The van der Waals surface area contributed by atoms with Crippen LogP contribution in [0.2, 0.25) is 0 Å². The van der Waals surface area contributed by atoms with Crippen LogP contribution in [-0.4, -0.2) is 38.7 Å². The fraction of sp³-hybridized carbons (Fsp3) is 0.467. The number of rotatable bonds is 5. The summed E-state index contributed by atoms with van der Waals surface area (Å²) in [6.07, 6.45) is 1.49. The van der Waals surface area contributed by atoms with Crippen LogP contribution in [-0.2, 0) is 9.53 Å². The number of carbonyl (C=O) groups is 2. The number of nitrogens with two attached hydrogens (primary N) is 1. The molecule has 0 radical (unpaired) electrons. The first kappa shape index (κ1) is 19.2. The molecule has 1 aliphatic rings. The summed E-state index contributed by atoms with van der Waals surface area (Å²) < 4.78 is 5.26. The average Bonchev–Trinajstić information content (AvgIpc) is 2.50. The highest BCUT2D eigenvalue weighted by Crippen LogP contribution is 2.31. The number of urea groups is 1. The van der Waals surface area contributed by atoms with Crippen LogP contribution in [0, 0.1) is 5.41 Å². The lowest BCUT2D eigenvalue weighted by Crippen LogP contribution is -2.47. The molecule has 1 aliphatic heterocycles. The third-order valence-corrected chi connectivity index (χ3v) is 3.87. The first-order chi connectivity index (χ1) is 10.6. The van der Waals surface area contributed by atoms with Gasteiger partial charge in [0.1, 0.15) is 0 Å². The van der Waals surface area contributed by atoms with Gasteiger partial charge in [0.25, 0.3) is 0 Å². The standard InChI is InChI=1S/C15H22N4O3.ClH/c1-22-10-15(6-8-17-9-7-15)13(20)18-11-2-4-12(5-3-11)19-14(16)21;/h2-5,17H,6-10H2,1H3,(H,18,20)(H3,16,19,21);1H. The van der Waals surface area contributed by atoms with Gasteiger partial charge in [-0.25, -0.2) is 4.79 Å². The highest BCUT2D eigenvalue weighted by Gasteiger charge is 2.39. The van der Waals surface area contributed by atoms with E-state index in [-0.39, 0.29) is 18.3 Å². The van der Waals surface area contributed by atoms with Crippen molar-refractivity contribution in [1.29, 1.82) is 0 Å². The van der Waals surface area contributed by atoms with Gasteiger partial charge in [-0.2, -0.15) is 0 Å². The van der Waals surface area contributed by atoms with Crippen molar-refractivity contribution in [2.75, 3.05) is 37.4 Å². The Hall–Kier alpha value is -1.83.